The number of nitrogens with zero attached hydrogens (tertiary/aromatic N) is 4. The zero-order valence-electron chi connectivity index (χ0n) is 32.7. The number of rotatable bonds is 8. The van der Waals surface area contributed by atoms with Crippen molar-refractivity contribution in [3.05, 3.63) is 136 Å². The van der Waals surface area contributed by atoms with Gasteiger partial charge in [-0.1, -0.05) is 68.8 Å². The molecule has 0 bridgehead atoms. The van der Waals surface area contributed by atoms with Crippen LogP contribution in [-0.2, 0) is 25.6 Å². The minimum absolute atomic E-state index is 0.0531. The highest BCUT2D eigenvalue weighted by molar-refractivity contribution is 6.37. The zero-order valence-corrected chi connectivity index (χ0v) is 37.3. The number of halogens is 10. The van der Waals surface area contributed by atoms with E-state index in [9.17, 15) is 27.2 Å². The van der Waals surface area contributed by atoms with E-state index in [1.54, 1.807) is 52.8 Å². The number of oxime groups is 2. The SMILES string of the molecule is Cc1cc(C2=NOC(c3cc(Cl)c(C#N)c(Cl)c3)(C(F)(F)Cl)C2)ccc1C(=O)O.Cc1cc(C2=NOC(c3cc(Cl)c(C#N)c(Cl)c3)(C(F)(F)Cl)C2)ccc1C(=O)OC(C)(C)C. The normalized spacial score (nSPS) is 18.5. The fourth-order valence-corrected chi connectivity index (χ4v) is 8.00. The van der Waals surface area contributed by atoms with Crippen LogP contribution in [0.25, 0.3) is 0 Å². The quantitative estimate of drug-likeness (QED) is 0.104. The molecule has 324 valence electrons. The number of ether oxygens (including phenoxy) is 1. The van der Waals surface area contributed by atoms with Gasteiger partial charge >= 0.3 is 22.7 Å². The number of esters is 1. The van der Waals surface area contributed by atoms with E-state index in [0.717, 1.165) is 24.3 Å². The number of alkyl halides is 6. The lowest BCUT2D eigenvalue weighted by molar-refractivity contribution is -0.155. The third-order valence-electron chi connectivity index (χ3n) is 9.58. The smallest absolute Gasteiger partial charge is 0.367 e. The van der Waals surface area contributed by atoms with Crippen molar-refractivity contribution in [2.75, 3.05) is 0 Å². The van der Waals surface area contributed by atoms with E-state index in [-0.39, 0.29) is 59.3 Å². The van der Waals surface area contributed by atoms with Crippen LogP contribution in [0.2, 0.25) is 20.1 Å². The molecule has 0 amide bonds. The van der Waals surface area contributed by atoms with Crippen LogP contribution >= 0.6 is 69.6 Å². The molecule has 2 atom stereocenters. The molecule has 20 heteroatoms. The Kier molecular flexibility index (Phi) is 13.8. The second-order valence-electron chi connectivity index (χ2n) is 15.0. The lowest BCUT2D eigenvalue weighted by atomic mass is 9.86. The van der Waals surface area contributed by atoms with Gasteiger partial charge in [0.1, 0.15) is 17.7 Å². The van der Waals surface area contributed by atoms with Gasteiger partial charge in [-0.25, -0.2) is 9.59 Å². The third-order valence-corrected chi connectivity index (χ3v) is 11.4. The molecule has 0 fully saturated rings. The van der Waals surface area contributed by atoms with Gasteiger partial charge in [0.25, 0.3) is 0 Å². The molecule has 4 aromatic carbocycles. The highest BCUT2D eigenvalue weighted by atomic mass is 35.5. The predicted molar refractivity (Wildman–Crippen MR) is 226 cm³/mol. The largest absolute Gasteiger partial charge is 0.478 e. The zero-order chi connectivity index (χ0) is 46.3. The second kappa shape index (κ2) is 17.8. The maximum atomic E-state index is 14.7. The number of benzene rings is 4. The summed E-state index contributed by atoms with van der Waals surface area (Å²) in [7, 11) is 0. The Morgan fingerprint density at radius 2 is 1.05 bits per heavy atom. The molecule has 62 heavy (non-hydrogen) atoms. The summed E-state index contributed by atoms with van der Waals surface area (Å²) in [4.78, 5) is 34.0. The van der Waals surface area contributed by atoms with E-state index in [1.165, 1.54) is 24.3 Å². The summed E-state index contributed by atoms with van der Waals surface area (Å²) < 4.78 is 63.7. The molecule has 0 radical (unpaired) electrons. The number of aromatic carboxylic acids is 1. The van der Waals surface area contributed by atoms with Crippen LogP contribution in [0.3, 0.4) is 0 Å². The number of aryl methyl sites for hydroxylation is 2. The van der Waals surface area contributed by atoms with Crippen molar-refractivity contribution >= 4 is 93.0 Å². The molecule has 0 spiro atoms. The standard InChI is InChI=1S/C23H19Cl3F2N2O3.C19H11Cl3F2N2O3/c1-12-7-13(5-6-15(12)20(31)32-21(2,3)4)19-10-22(33-30-19,23(26,27)28)14-8-17(24)16(11-29)18(25)9-14;1-9-4-10(2-3-12(9)17(27)28)16-7-18(29-26-16,19(22,23)24)11-5-14(20)13(8-25)15(21)6-11/h5-9H,10H2,1-4H3;2-6H,7H2,1H3,(H,27,28). The van der Waals surface area contributed by atoms with Gasteiger partial charge in [-0.2, -0.15) is 28.1 Å². The predicted octanol–water partition coefficient (Wildman–Crippen LogP) is 12.7. The van der Waals surface area contributed by atoms with Crippen molar-refractivity contribution in [2.45, 2.75) is 75.0 Å². The Morgan fingerprint density at radius 3 is 1.34 bits per heavy atom. The maximum Gasteiger partial charge on any atom is 0.367 e. The average Bonchev–Trinajstić information content (AvgIpc) is 3.82. The summed E-state index contributed by atoms with van der Waals surface area (Å²) in [5.74, 6) is -1.61. The number of nitriles is 2. The second-order valence-corrected chi connectivity index (χ2v) is 17.6. The van der Waals surface area contributed by atoms with Crippen molar-refractivity contribution in [2.24, 2.45) is 10.3 Å². The molecule has 2 unspecified atom stereocenters. The summed E-state index contributed by atoms with van der Waals surface area (Å²) in [6.07, 6.45) is -0.846. The fourth-order valence-electron chi connectivity index (χ4n) is 6.43. The molecule has 2 aliphatic heterocycles. The van der Waals surface area contributed by atoms with E-state index < -0.39 is 52.3 Å². The topological polar surface area (TPSA) is 154 Å². The van der Waals surface area contributed by atoms with Crippen molar-refractivity contribution < 1.29 is 46.7 Å². The molecule has 10 nitrogen and oxygen atoms in total. The highest BCUT2D eigenvalue weighted by Crippen LogP contribution is 2.53. The van der Waals surface area contributed by atoms with E-state index in [1.807, 2.05) is 6.07 Å². The number of carboxylic acids is 1. The molecule has 2 heterocycles. The molecular weight excluding hydrogens is 945 g/mol. The van der Waals surface area contributed by atoms with Crippen molar-refractivity contribution in [1.29, 1.82) is 10.5 Å². The fraction of sp³-hybridized carbons (Fsp3) is 0.286. The van der Waals surface area contributed by atoms with E-state index in [4.69, 9.17) is 99.6 Å². The van der Waals surface area contributed by atoms with Gasteiger partial charge in [-0.15, -0.1) is 0 Å². The molecule has 1 N–H and O–H groups in total. The van der Waals surface area contributed by atoms with Crippen LogP contribution in [0.5, 0.6) is 0 Å². The van der Waals surface area contributed by atoms with Gasteiger partial charge in [-0.3, -0.25) is 0 Å². The monoisotopic (exact) mass is 972 g/mol. The minimum atomic E-state index is -3.91. The van der Waals surface area contributed by atoms with E-state index in [0.29, 0.717) is 27.8 Å². The summed E-state index contributed by atoms with van der Waals surface area (Å²) in [5.41, 5.74) is -3.26. The molecule has 6 rings (SSSR count). The van der Waals surface area contributed by atoms with Gasteiger partial charge in [0.15, 0.2) is 0 Å². The van der Waals surface area contributed by atoms with Gasteiger partial charge in [0.05, 0.1) is 53.8 Å². The molecule has 0 saturated carbocycles. The molecule has 4 aromatic rings. The average molecular weight is 975 g/mol. The molecule has 0 aromatic heterocycles. The Morgan fingerprint density at radius 1 is 0.694 bits per heavy atom. The van der Waals surface area contributed by atoms with Crippen molar-refractivity contribution in [3.8, 4) is 12.1 Å². The summed E-state index contributed by atoms with van der Waals surface area (Å²) >= 11 is 35.0. The van der Waals surface area contributed by atoms with Gasteiger partial charge in [0, 0.05) is 24.0 Å². The third kappa shape index (κ3) is 9.57. The van der Waals surface area contributed by atoms with Crippen LogP contribution in [-0.4, -0.2) is 44.8 Å². The van der Waals surface area contributed by atoms with Gasteiger partial charge in [-0.05, 0) is 129 Å². The Labute approximate surface area is 382 Å². The highest BCUT2D eigenvalue weighted by Gasteiger charge is 2.61. The molecular formula is C42H30Cl6F4N4O6. The Balaban J connectivity index is 0.000000236. The number of hydrogen-bond acceptors (Lipinski definition) is 9. The lowest BCUT2D eigenvalue weighted by Gasteiger charge is -2.31. The lowest BCUT2D eigenvalue weighted by Crippen LogP contribution is -2.42. The number of hydrogen-bond donors (Lipinski definition) is 1. The van der Waals surface area contributed by atoms with Gasteiger partial charge in [0.2, 0.25) is 11.2 Å². The van der Waals surface area contributed by atoms with E-state index >= 15 is 0 Å². The minimum Gasteiger partial charge on any atom is -0.478 e. The first-order chi connectivity index (χ1) is 28.7. The molecule has 2 aliphatic rings. The van der Waals surface area contributed by atoms with Crippen molar-refractivity contribution in [1.82, 2.24) is 0 Å². The summed E-state index contributed by atoms with van der Waals surface area (Å²) in [6, 6.07) is 17.2. The summed E-state index contributed by atoms with van der Waals surface area (Å²) in [6.45, 7) is 8.54. The molecule has 0 aliphatic carbocycles. The van der Waals surface area contributed by atoms with Gasteiger partial charge < -0.3 is 19.5 Å². The van der Waals surface area contributed by atoms with Crippen LogP contribution in [0.1, 0.15) is 98.8 Å². The number of carbonyl (C=O) groups is 2. The van der Waals surface area contributed by atoms with Crippen LogP contribution in [0.15, 0.2) is 71.0 Å². The van der Waals surface area contributed by atoms with E-state index in [2.05, 4.69) is 10.3 Å². The maximum absolute atomic E-state index is 14.7. The Hall–Kier alpha value is -4.80. The first-order valence-electron chi connectivity index (χ1n) is 17.8. The number of carbonyl (C=O) groups excluding carboxylic acids is 1. The van der Waals surface area contributed by atoms with Crippen LogP contribution in [0, 0.1) is 36.5 Å². The van der Waals surface area contributed by atoms with Crippen LogP contribution in [0.4, 0.5) is 17.6 Å². The first-order valence-corrected chi connectivity index (χ1v) is 20.1. The first kappa shape index (κ1) is 48.2. The van der Waals surface area contributed by atoms with Crippen molar-refractivity contribution in [3.63, 3.8) is 0 Å². The molecule has 0 saturated heterocycles. The number of carboxylic acid groups (broad SMARTS) is 1. The Bertz CT molecular complexity index is 2600. The summed E-state index contributed by atoms with van der Waals surface area (Å²) in [5, 5.41) is 26.7. The van der Waals surface area contributed by atoms with Crippen LogP contribution < -0.4 is 0 Å².